The van der Waals surface area contributed by atoms with E-state index in [1.165, 1.54) is 27.9 Å². The Hall–Kier alpha value is -1.28. The first-order chi connectivity index (χ1) is 8.58. The summed E-state index contributed by atoms with van der Waals surface area (Å²) < 4.78 is 1.11. The largest absolute Gasteiger partial charge is 0.381 e. The molecule has 1 nitrogen and oxygen atoms in total. The fourth-order valence-electron chi connectivity index (χ4n) is 1.98. The Bertz CT molecular complexity index is 559. The maximum Gasteiger partial charge on any atom is 0.0403 e. The Morgan fingerprint density at radius 2 is 1.78 bits per heavy atom. The number of aryl methyl sites for hydroxylation is 2. The number of rotatable bonds is 3. The van der Waals surface area contributed by atoms with Crippen LogP contribution in [-0.4, -0.2) is 0 Å². The van der Waals surface area contributed by atoms with Gasteiger partial charge in [-0.05, 0) is 55.2 Å². The molecule has 2 aromatic carbocycles. The summed E-state index contributed by atoms with van der Waals surface area (Å²) in [4.78, 5) is 0. The molecule has 0 saturated carbocycles. The van der Waals surface area contributed by atoms with E-state index in [0.29, 0.717) is 0 Å². The molecule has 0 amide bonds. The van der Waals surface area contributed by atoms with Crippen molar-refractivity contribution in [2.24, 2.45) is 0 Å². The van der Waals surface area contributed by atoms with Crippen LogP contribution in [0.3, 0.4) is 0 Å². The van der Waals surface area contributed by atoms with Crippen molar-refractivity contribution in [3.8, 4) is 0 Å². The Morgan fingerprint density at radius 1 is 1.00 bits per heavy atom. The van der Waals surface area contributed by atoms with Gasteiger partial charge in [-0.2, -0.15) is 0 Å². The minimum atomic E-state index is 0.866. The zero-order valence-electron chi connectivity index (χ0n) is 11.0. The van der Waals surface area contributed by atoms with Gasteiger partial charge in [0, 0.05) is 16.7 Å². The highest BCUT2D eigenvalue weighted by Crippen LogP contribution is 2.22. The van der Waals surface area contributed by atoms with Crippen molar-refractivity contribution in [1.29, 1.82) is 0 Å². The van der Waals surface area contributed by atoms with Crippen molar-refractivity contribution in [2.45, 2.75) is 27.3 Å². The molecule has 0 saturated heterocycles. The lowest BCUT2D eigenvalue weighted by atomic mass is 10.0. The number of halogens is 1. The molecule has 0 aliphatic heterocycles. The van der Waals surface area contributed by atoms with E-state index in [-0.39, 0.29) is 0 Å². The lowest BCUT2D eigenvalue weighted by molar-refractivity contribution is 1.10. The van der Waals surface area contributed by atoms with Crippen LogP contribution in [0.5, 0.6) is 0 Å². The van der Waals surface area contributed by atoms with E-state index in [1.807, 2.05) is 0 Å². The second kappa shape index (κ2) is 5.57. The van der Waals surface area contributed by atoms with Gasteiger partial charge in [-0.15, -0.1) is 0 Å². The Labute approximate surface area is 117 Å². The number of hydrogen-bond acceptors (Lipinski definition) is 1. The highest BCUT2D eigenvalue weighted by atomic mass is 79.9. The Kier molecular flexibility index (Phi) is 4.07. The maximum absolute atomic E-state index is 3.51. The molecule has 0 radical (unpaired) electrons. The van der Waals surface area contributed by atoms with Gasteiger partial charge in [0.1, 0.15) is 0 Å². The predicted octanol–water partition coefficient (Wildman–Crippen LogP) is 4.99. The van der Waals surface area contributed by atoms with Crippen molar-refractivity contribution >= 4 is 21.6 Å². The van der Waals surface area contributed by atoms with Crippen LogP contribution < -0.4 is 5.32 Å². The van der Waals surface area contributed by atoms with E-state index < -0.39 is 0 Å². The summed E-state index contributed by atoms with van der Waals surface area (Å²) in [5, 5.41) is 3.51. The minimum absolute atomic E-state index is 0.866. The summed E-state index contributed by atoms with van der Waals surface area (Å²) in [5.41, 5.74) is 6.53. The molecule has 0 atom stereocenters. The molecule has 0 aliphatic carbocycles. The van der Waals surface area contributed by atoms with Crippen LogP contribution in [-0.2, 0) is 6.54 Å². The van der Waals surface area contributed by atoms with Gasteiger partial charge in [0.05, 0.1) is 0 Å². The van der Waals surface area contributed by atoms with Crippen molar-refractivity contribution in [3.63, 3.8) is 0 Å². The van der Waals surface area contributed by atoms with Crippen LogP contribution in [0.1, 0.15) is 22.3 Å². The van der Waals surface area contributed by atoms with Gasteiger partial charge < -0.3 is 5.32 Å². The van der Waals surface area contributed by atoms with Gasteiger partial charge in [-0.25, -0.2) is 0 Å². The molecule has 0 spiro atoms. The zero-order valence-corrected chi connectivity index (χ0v) is 12.6. The van der Waals surface area contributed by atoms with Gasteiger partial charge >= 0.3 is 0 Å². The molecular weight excluding hydrogens is 286 g/mol. The molecule has 0 fully saturated rings. The highest BCUT2D eigenvalue weighted by Gasteiger charge is 2.02. The summed E-state index contributed by atoms with van der Waals surface area (Å²) in [6.07, 6.45) is 0. The maximum atomic E-state index is 3.51. The highest BCUT2D eigenvalue weighted by molar-refractivity contribution is 9.10. The molecule has 0 unspecified atom stereocenters. The third kappa shape index (κ3) is 2.94. The van der Waals surface area contributed by atoms with E-state index in [2.05, 4.69) is 78.4 Å². The number of anilines is 1. The molecule has 2 rings (SSSR count). The molecule has 94 valence electrons. The second-order valence-corrected chi connectivity index (χ2v) is 5.59. The van der Waals surface area contributed by atoms with E-state index in [4.69, 9.17) is 0 Å². The fraction of sp³-hybridized carbons (Fsp3) is 0.250. The van der Waals surface area contributed by atoms with Crippen LogP contribution in [0.2, 0.25) is 0 Å². The molecule has 0 heterocycles. The van der Waals surface area contributed by atoms with Crippen LogP contribution in [0, 0.1) is 20.8 Å². The standard InChI is InChI=1S/C16H18BrN/c1-11-5-4-6-14(13(11)3)10-18-16-9-15(17)8-7-12(16)2/h4-9,18H,10H2,1-3H3. The van der Waals surface area contributed by atoms with Gasteiger partial charge in [0.2, 0.25) is 0 Å². The first-order valence-corrected chi connectivity index (χ1v) is 6.92. The average Bonchev–Trinajstić information content (AvgIpc) is 2.35. The lowest BCUT2D eigenvalue weighted by Crippen LogP contribution is -2.03. The Morgan fingerprint density at radius 3 is 2.56 bits per heavy atom. The molecule has 0 bridgehead atoms. The summed E-state index contributed by atoms with van der Waals surface area (Å²) in [6, 6.07) is 12.8. The predicted molar refractivity (Wildman–Crippen MR) is 82.1 cm³/mol. The topological polar surface area (TPSA) is 12.0 Å². The molecule has 18 heavy (non-hydrogen) atoms. The normalized spacial score (nSPS) is 10.4. The molecule has 0 aromatic heterocycles. The SMILES string of the molecule is Cc1ccc(Br)cc1NCc1cccc(C)c1C. The minimum Gasteiger partial charge on any atom is -0.381 e. The second-order valence-electron chi connectivity index (χ2n) is 4.67. The van der Waals surface area contributed by atoms with E-state index >= 15 is 0 Å². The van der Waals surface area contributed by atoms with Crippen LogP contribution >= 0.6 is 15.9 Å². The van der Waals surface area contributed by atoms with Crippen molar-refractivity contribution in [2.75, 3.05) is 5.32 Å². The van der Waals surface area contributed by atoms with E-state index in [9.17, 15) is 0 Å². The van der Waals surface area contributed by atoms with Crippen molar-refractivity contribution in [1.82, 2.24) is 0 Å². The smallest absolute Gasteiger partial charge is 0.0403 e. The average molecular weight is 304 g/mol. The first-order valence-electron chi connectivity index (χ1n) is 6.13. The summed E-state index contributed by atoms with van der Waals surface area (Å²) >= 11 is 3.51. The summed E-state index contributed by atoms with van der Waals surface area (Å²) in [6.45, 7) is 7.33. The van der Waals surface area contributed by atoms with Crippen LogP contribution in [0.25, 0.3) is 0 Å². The van der Waals surface area contributed by atoms with Crippen molar-refractivity contribution in [3.05, 3.63) is 63.1 Å². The third-order valence-electron chi connectivity index (χ3n) is 3.39. The van der Waals surface area contributed by atoms with E-state index in [0.717, 1.165) is 11.0 Å². The number of hydrogen-bond donors (Lipinski definition) is 1. The van der Waals surface area contributed by atoms with E-state index in [1.54, 1.807) is 0 Å². The zero-order chi connectivity index (χ0) is 13.1. The Balaban J connectivity index is 2.16. The monoisotopic (exact) mass is 303 g/mol. The fourth-order valence-corrected chi connectivity index (χ4v) is 2.34. The van der Waals surface area contributed by atoms with Gasteiger partial charge in [0.25, 0.3) is 0 Å². The first kappa shape index (κ1) is 13.2. The number of benzene rings is 2. The van der Waals surface area contributed by atoms with Gasteiger partial charge in [-0.3, -0.25) is 0 Å². The summed E-state index contributed by atoms with van der Waals surface area (Å²) in [5.74, 6) is 0. The van der Waals surface area contributed by atoms with Crippen LogP contribution in [0.15, 0.2) is 40.9 Å². The summed E-state index contributed by atoms with van der Waals surface area (Å²) in [7, 11) is 0. The van der Waals surface area contributed by atoms with Crippen molar-refractivity contribution < 1.29 is 0 Å². The molecule has 2 aromatic rings. The van der Waals surface area contributed by atoms with Gasteiger partial charge in [-0.1, -0.05) is 40.2 Å². The third-order valence-corrected chi connectivity index (χ3v) is 3.88. The molecule has 0 aliphatic rings. The van der Waals surface area contributed by atoms with Gasteiger partial charge in [0.15, 0.2) is 0 Å². The molecule has 2 heteroatoms. The van der Waals surface area contributed by atoms with Crippen LogP contribution in [0.4, 0.5) is 5.69 Å². The molecule has 1 N–H and O–H groups in total. The lowest BCUT2D eigenvalue weighted by Gasteiger charge is -2.13. The number of nitrogens with one attached hydrogen (secondary N) is 1. The quantitative estimate of drug-likeness (QED) is 0.842. The molecular formula is C16H18BrN.